The molecule has 1 aromatic heterocycles. The van der Waals surface area contributed by atoms with Gasteiger partial charge in [0, 0.05) is 38.2 Å². The zero-order valence-corrected chi connectivity index (χ0v) is 15.0. The molecule has 1 aromatic carbocycles. The first-order valence-electron chi connectivity index (χ1n) is 9.14. The minimum Gasteiger partial charge on any atom is -0.373 e. The lowest BCUT2D eigenvalue weighted by Gasteiger charge is -2.38. The Morgan fingerprint density at radius 3 is 2.69 bits per heavy atom. The normalized spacial score (nSPS) is 21.7. The molecule has 3 heterocycles. The van der Waals surface area contributed by atoms with Crippen LogP contribution >= 0.6 is 0 Å². The lowest BCUT2D eigenvalue weighted by atomic mass is 9.87. The molecule has 26 heavy (non-hydrogen) atoms. The quantitative estimate of drug-likeness (QED) is 0.849. The summed E-state index contributed by atoms with van der Waals surface area (Å²) in [5.41, 5.74) is 1.53. The van der Waals surface area contributed by atoms with Crippen molar-refractivity contribution < 1.29 is 9.53 Å². The maximum Gasteiger partial charge on any atom is 0.274 e. The highest BCUT2D eigenvalue weighted by molar-refractivity contribution is 5.92. The molecule has 1 spiro atoms. The molecule has 0 N–H and O–H groups in total. The molecule has 6 nitrogen and oxygen atoms in total. The van der Waals surface area contributed by atoms with Gasteiger partial charge in [-0.15, -0.1) is 0 Å². The van der Waals surface area contributed by atoms with Crippen LogP contribution in [0.1, 0.15) is 29.8 Å². The molecule has 0 radical (unpaired) electrons. The molecule has 0 aliphatic carbocycles. The number of likely N-dealkylation sites (tertiary alicyclic amines) is 1. The minimum absolute atomic E-state index is 0.0381. The summed E-state index contributed by atoms with van der Waals surface area (Å²) in [5, 5.41) is 0. The Hall–Kier alpha value is -2.47. The van der Waals surface area contributed by atoms with Crippen molar-refractivity contribution in [2.45, 2.75) is 30.9 Å². The number of carbonyl (C=O) groups is 1. The van der Waals surface area contributed by atoms with Crippen molar-refractivity contribution in [1.29, 1.82) is 0 Å². The summed E-state index contributed by atoms with van der Waals surface area (Å²) in [6, 6.07) is 10.8. The lowest BCUT2D eigenvalue weighted by Crippen LogP contribution is -2.47. The number of hydrogen-bond acceptors (Lipinski definition) is 5. The fourth-order valence-electron chi connectivity index (χ4n) is 3.98. The third-order valence-corrected chi connectivity index (χ3v) is 5.64. The van der Waals surface area contributed by atoms with Gasteiger partial charge >= 0.3 is 0 Å². The summed E-state index contributed by atoms with van der Waals surface area (Å²) in [5.74, 6) is -0.0381. The standard InChI is InChI=1S/C20H24N4O2/c1-23(16-5-3-2-4-6-16)17-13-20(26-15-17)7-11-24(12-8-20)19(25)18-14-21-9-10-22-18/h2-6,9-10,14,17H,7-8,11-13,15H2,1H3. The monoisotopic (exact) mass is 352 g/mol. The topological polar surface area (TPSA) is 58.6 Å². The Bertz CT molecular complexity index is 745. The Labute approximate surface area is 153 Å². The minimum atomic E-state index is -0.104. The van der Waals surface area contributed by atoms with E-state index in [1.165, 1.54) is 11.9 Å². The first kappa shape index (κ1) is 17.0. The first-order valence-corrected chi connectivity index (χ1v) is 9.14. The Morgan fingerprint density at radius 2 is 2.00 bits per heavy atom. The van der Waals surface area contributed by atoms with Gasteiger partial charge in [-0.05, 0) is 31.4 Å². The summed E-state index contributed by atoms with van der Waals surface area (Å²) in [7, 11) is 2.13. The van der Waals surface area contributed by atoms with Gasteiger partial charge in [0.25, 0.3) is 5.91 Å². The number of para-hydroxylation sites is 1. The molecule has 1 atom stereocenters. The van der Waals surface area contributed by atoms with Gasteiger partial charge in [0.05, 0.1) is 24.4 Å². The van der Waals surface area contributed by atoms with Crippen LogP contribution in [0.2, 0.25) is 0 Å². The van der Waals surface area contributed by atoms with Crippen LogP contribution < -0.4 is 4.90 Å². The van der Waals surface area contributed by atoms with Gasteiger partial charge in [0.15, 0.2) is 0 Å². The van der Waals surface area contributed by atoms with Crippen LogP contribution in [0.25, 0.3) is 0 Å². The van der Waals surface area contributed by atoms with Crippen molar-refractivity contribution in [2.24, 2.45) is 0 Å². The molecule has 2 aliphatic heterocycles. The molecular weight excluding hydrogens is 328 g/mol. The molecule has 2 saturated heterocycles. The van der Waals surface area contributed by atoms with Crippen LogP contribution in [0.5, 0.6) is 0 Å². The van der Waals surface area contributed by atoms with Crippen molar-refractivity contribution in [1.82, 2.24) is 14.9 Å². The molecule has 1 amide bonds. The number of carbonyl (C=O) groups excluding carboxylic acids is 1. The van der Waals surface area contributed by atoms with Gasteiger partial charge in [-0.1, -0.05) is 18.2 Å². The van der Waals surface area contributed by atoms with Crippen molar-refractivity contribution in [3.05, 3.63) is 54.6 Å². The van der Waals surface area contributed by atoms with Gasteiger partial charge in [-0.2, -0.15) is 0 Å². The van der Waals surface area contributed by atoms with E-state index in [1.807, 2.05) is 11.0 Å². The second-order valence-electron chi connectivity index (χ2n) is 7.18. The number of likely N-dealkylation sites (N-methyl/N-ethyl adjacent to an activating group) is 1. The number of hydrogen-bond donors (Lipinski definition) is 0. The molecule has 4 rings (SSSR count). The summed E-state index contributed by atoms with van der Waals surface area (Å²) in [4.78, 5) is 24.8. The molecule has 1 unspecified atom stereocenters. The van der Waals surface area contributed by atoms with E-state index >= 15 is 0 Å². The number of nitrogens with zero attached hydrogens (tertiary/aromatic N) is 4. The summed E-state index contributed by atoms with van der Waals surface area (Å²) in [6.07, 6.45) is 7.42. The van der Waals surface area contributed by atoms with Crippen LogP contribution in [0, 0.1) is 0 Å². The Balaban J connectivity index is 1.37. The Morgan fingerprint density at radius 1 is 1.23 bits per heavy atom. The van der Waals surface area contributed by atoms with Crippen LogP contribution in [0.15, 0.2) is 48.9 Å². The summed E-state index contributed by atoms with van der Waals surface area (Å²) >= 11 is 0. The van der Waals surface area contributed by atoms with E-state index in [1.54, 1.807) is 12.4 Å². The van der Waals surface area contributed by atoms with Gasteiger partial charge in [-0.25, -0.2) is 4.98 Å². The first-order chi connectivity index (χ1) is 12.7. The number of benzene rings is 1. The number of aromatic nitrogens is 2. The lowest BCUT2D eigenvalue weighted by molar-refractivity contribution is -0.0389. The highest BCUT2D eigenvalue weighted by atomic mass is 16.5. The highest BCUT2D eigenvalue weighted by Gasteiger charge is 2.44. The van der Waals surface area contributed by atoms with Crippen molar-refractivity contribution in [2.75, 3.05) is 31.6 Å². The van der Waals surface area contributed by atoms with Gasteiger partial charge in [-0.3, -0.25) is 9.78 Å². The maximum absolute atomic E-state index is 12.5. The number of anilines is 1. The van der Waals surface area contributed by atoms with Crippen LogP contribution in [0.4, 0.5) is 5.69 Å². The molecular formula is C20H24N4O2. The van der Waals surface area contributed by atoms with Gasteiger partial charge in [0.1, 0.15) is 5.69 Å². The van der Waals surface area contributed by atoms with E-state index in [4.69, 9.17) is 4.74 Å². The number of piperidine rings is 1. The molecule has 136 valence electrons. The zero-order chi connectivity index (χ0) is 18.0. The predicted molar refractivity (Wildman–Crippen MR) is 99.1 cm³/mol. The average molecular weight is 352 g/mol. The van der Waals surface area contributed by atoms with Crippen molar-refractivity contribution in [3.8, 4) is 0 Å². The molecule has 0 saturated carbocycles. The number of rotatable bonds is 3. The van der Waals surface area contributed by atoms with Crippen LogP contribution in [0.3, 0.4) is 0 Å². The number of amides is 1. The zero-order valence-electron chi connectivity index (χ0n) is 15.0. The fraction of sp³-hybridized carbons (Fsp3) is 0.450. The van der Waals surface area contributed by atoms with E-state index in [0.29, 0.717) is 24.8 Å². The molecule has 2 aromatic rings. The predicted octanol–water partition coefficient (Wildman–Crippen LogP) is 2.38. The SMILES string of the molecule is CN(c1ccccc1)C1COC2(CCN(C(=O)c3cnccn3)CC2)C1. The second-order valence-corrected chi connectivity index (χ2v) is 7.18. The fourth-order valence-corrected chi connectivity index (χ4v) is 3.98. The van der Waals surface area contributed by atoms with Crippen LogP contribution in [-0.2, 0) is 4.74 Å². The molecule has 2 fully saturated rings. The maximum atomic E-state index is 12.5. The molecule has 2 aliphatic rings. The van der Waals surface area contributed by atoms with Crippen molar-refractivity contribution in [3.63, 3.8) is 0 Å². The summed E-state index contributed by atoms with van der Waals surface area (Å²) in [6.45, 7) is 2.15. The molecule has 6 heteroatoms. The largest absolute Gasteiger partial charge is 0.373 e. The van der Waals surface area contributed by atoms with E-state index in [0.717, 1.165) is 25.9 Å². The van der Waals surface area contributed by atoms with E-state index < -0.39 is 0 Å². The van der Waals surface area contributed by atoms with Gasteiger partial charge in [0.2, 0.25) is 0 Å². The Kier molecular flexibility index (Phi) is 4.59. The van der Waals surface area contributed by atoms with E-state index in [-0.39, 0.29) is 11.5 Å². The average Bonchev–Trinajstić information content (AvgIpc) is 3.12. The second kappa shape index (κ2) is 7.03. The smallest absolute Gasteiger partial charge is 0.274 e. The van der Waals surface area contributed by atoms with E-state index in [2.05, 4.69) is 46.2 Å². The third kappa shape index (κ3) is 3.29. The van der Waals surface area contributed by atoms with Crippen molar-refractivity contribution >= 4 is 11.6 Å². The van der Waals surface area contributed by atoms with Gasteiger partial charge < -0.3 is 14.5 Å². The van der Waals surface area contributed by atoms with Crippen LogP contribution in [-0.4, -0.2) is 59.2 Å². The highest BCUT2D eigenvalue weighted by Crippen LogP contribution is 2.38. The summed E-state index contributed by atoms with van der Waals surface area (Å²) < 4.78 is 6.26. The number of ether oxygens (including phenoxy) is 1. The van der Waals surface area contributed by atoms with E-state index in [9.17, 15) is 4.79 Å². The third-order valence-electron chi connectivity index (χ3n) is 5.64. The molecule has 0 bridgehead atoms.